The number of H-pyrrole nitrogens is 1. The van der Waals surface area contributed by atoms with Crippen molar-refractivity contribution in [1.29, 1.82) is 0 Å². The van der Waals surface area contributed by atoms with Gasteiger partial charge in [0.15, 0.2) is 5.75 Å². The average molecular weight is 490 g/mol. The van der Waals surface area contributed by atoms with E-state index in [1.54, 1.807) is 30.5 Å². The van der Waals surface area contributed by atoms with Gasteiger partial charge in [-0.25, -0.2) is 9.37 Å². The zero-order valence-electron chi connectivity index (χ0n) is 19.5. The minimum Gasteiger partial charge on any atom is -0.485 e. The Hall–Kier alpha value is -3.92. The number of ether oxygens (including phenoxy) is 1. The first-order valence-electron chi connectivity index (χ1n) is 11.1. The zero-order valence-corrected chi connectivity index (χ0v) is 20.3. The molecule has 0 aliphatic heterocycles. The number of benzene rings is 2. The summed E-state index contributed by atoms with van der Waals surface area (Å²) in [5.41, 5.74) is 4.12. The van der Waals surface area contributed by atoms with E-state index in [-0.39, 0.29) is 17.9 Å². The molecule has 0 fully saturated rings. The Morgan fingerprint density at radius 1 is 1.20 bits per heavy atom. The van der Waals surface area contributed by atoms with E-state index in [9.17, 15) is 0 Å². The highest BCUT2D eigenvalue weighted by molar-refractivity contribution is 7.98. The molecule has 0 saturated heterocycles. The Morgan fingerprint density at radius 3 is 2.74 bits per heavy atom. The first-order valence-corrected chi connectivity index (χ1v) is 12.1. The van der Waals surface area contributed by atoms with Crippen molar-refractivity contribution >= 4 is 29.0 Å². The second-order valence-electron chi connectivity index (χ2n) is 8.28. The largest absolute Gasteiger partial charge is 0.485 e. The lowest BCUT2D eigenvalue weighted by molar-refractivity contribution is 0.244. The lowest BCUT2D eigenvalue weighted by Gasteiger charge is -2.12. The van der Waals surface area contributed by atoms with Gasteiger partial charge in [-0.15, -0.1) is 16.9 Å². The highest BCUT2D eigenvalue weighted by Crippen LogP contribution is 2.34. The number of thioether (sulfide) groups is 1. The van der Waals surface area contributed by atoms with Crippen molar-refractivity contribution in [3.63, 3.8) is 0 Å². The molecule has 0 radical (unpaired) electrons. The Kier molecular flexibility index (Phi) is 6.37. The van der Waals surface area contributed by atoms with Crippen LogP contribution in [0.5, 0.6) is 5.75 Å². The van der Waals surface area contributed by atoms with Crippen molar-refractivity contribution in [3.8, 4) is 17.0 Å². The maximum absolute atomic E-state index is 15.1. The Balaban J connectivity index is 1.43. The molecule has 0 saturated carbocycles. The van der Waals surface area contributed by atoms with Gasteiger partial charge < -0.3 is 10.1 Å². The van der Waals surface area contributed by atoms with Crippen molar-refractivity contribution < 1.29 is 9.13 Å². The maximum Gasteiger partial charge on any atom is 0.247 e. The molecule has 0 unspecified atom stereocenters. The number of halogens is 1. The summed E-state index contributed by atoms with van der Waals surface area (Å²) in [6.45, 7) is 5.71. The summed E-state index contributed by atoms with van der Waals surface area (Å²) < 4.78 is 22.6. The van der Waals surface area contributed by atoms with Gasteiger partial charge in [-0.3, -0.25) is 5.10 Å². The molecule has 0 aliphatic rings. The number of hydrogen-bond acceptors (Lipinski definition) is 7. The summed E-state index contributed by atoms with van der Waals surface area (Å²) in [6, 6.07) is 13.6. The van der Waals surface area contributed by atoms with Crippen LogP contribution in [-0.2, 0) is 5.75 Å². The lowest BCUT2D eigenvalue weighted by atomic mass is 10.2. The van der Waals surface area contributed by atoms with Gasteiger partial charge in [-0.2, -0.15) is 14.6 Å². The first kappa shape index (κ1) is 22.9. The van der Waals surface area contributed by atoms with E-state index in [1.807, 2.05) is 45.0 Å². The summed E-state index contributed by atoms with van der Waals surface area (Å²) in [5, 5.41) is 14.3. The molecule has 3 aromatic heterocycles. The number of nitrogens with one attached hydrogen (secondary N) is 2. The normalized spacial score (nSPS) is 11.3. The Bertz CT molecular complexity index is 1430. The fourth-order valence-electron chi connectivity index (χ4n) is 3.63. The lowest BCUT2D eigenvalue weighted by Crippen LogP contribution is -2.09. The van der Waals surface area contributed by atoms with Gasteiger partial charge in [0.25, 0.3) is 0 Å². The first-order chi connectivity index (χ1) is 17.0. The molecule has 5 rings (SSSR count). The molecule has 0 atom stereocenters. The summed E-state index contributed by atoms with van der Waals surface area (Å²) in [4.78, 5) is 9.93. The van der Waals surface area contributed by atoms with Crippen molar-refractivity contribution in [2.75, 3.05) is 5.32 Å². The van der Waals surface area contributed by atoms with E-state index in [0.717, 1.165) is 21.8 Å². The number of aryl methyl sites for hydroxylation is 1. The number of hydrogen-bond donors (Lipinski definition) is 2. The molecule has 178 valence electrons. The second-order valence-corrected chi connectivity index (χ2v) is 9.32. The van der Waals surface area contributed by atoms with Crippen LogP contribution >= 0.6 is 11.8 Å². The monoisotopic (exact) mass is 489 g/mol. The van der Waals surface area contributed by atoms with Crippen molar-refractivity contribution in [2.24, 2.45) is 0 Å². The predicted molar refractivity (Wildman–Crippen MR) is 135 cm³/mol. The van der Waals surface area contributed by atoms with Crippen molar-refractivity contribution in [2.45, 2.75) is 37.5 Å². The molecule has 5 aromatic rings. The molecule has 10 heteroatoms. The fourth-order valence-corrected chi connectivity index (χ4v) is 4.60. The van der Waals surface area contributed by atoms with E-state index in [0.29, 0.717) is 22.8 Å². The number of nitrogens with zero attached hydrogens (tertiary/aromatic N) is 5. The molecule has 3 heterocycles. The molecule has 0 amide bonds. The molecule has 0 aliphatic carbocycles. The van der Waals surface area contributed by atoms with Gasteiger partial charge in [0.05, 0.1) is 18.0 Å². The van der Waals surface area contributed by atoms with E-state index in [2.05, 4.69) is 42.7 Å². The smallest absolute Gasteiger partial charge is 0.247 e. The highest BCUT2D eigenvalue weighted by Gasteiger charge is 2.20. The van der Waals surface area contributed by atoms with Crippen LogP contribution in [0.1, 0.15) is 25.0 Å². The van der Waals surface area contributed by atoms with Crippen LogP contribution in [0.4, 0.5) is 16.0 Å². The number of anilines is 2. The van der Waals surface area contributed by atoms with E-state index in [4.69, 9.17) is 4.74 Å². The van der Waals surface area contributed by atoms with Crippen LogP contribution in [0, 0.1) is 12.7 Å². The number of aromatic nitrogens is 6. The van der Waals surface area contributed by atoms with Gasteiger partial charge in [-0.1, -0.05) is 30.3 Å². The van der Waals surface area contributed by atoms with Crippen LogP contribution in [0.3, 0.4) is 0 Å². The molecule has 35 heavy (non-hydrogen) atoms. The van der Waals surface area contributed by atoms with Crippen molar-refractivity contribution in [3.05, 3.63) is 78.1 Å². The quantitative estimate of drug-likeness (QED) is 0.267. The van der Waals surface area contributed by atoms with Gasteiger partial charge in [0.2, 0.25) is 11.6 Å². The molecule has 2 aromatic carbocycles. The molecule has 0 spiro atoms. The summed E-state index contributed by atoms with van der Waals surface area (Å²) >= 11 is 1.59. The fraction of sp³-hybridized carbons (Fsp3) is 0.200. The number of aromatic amines is 1. The third-order valence-electron chi connectivity index (χ3n) is 5.22. The van der Waals surface area contributed by atoms with Crippen LogP contribution in [0.25, 0.3) is 16.9 Å². The summed E-state index contributed by atoms with van der Waals surface area (Å²) in [7, 11) is 0. The topological polar surface area (TPSA) is 93.0 Å². The van der Waals surface area contributed by atoms with Crippen LogP contribution in [-0.4, -0.2) is 35.9 Å². The zero-order chi connectivity index (χ0) is 24.4. The maximum atomic E-state index is 15.1. The minimum atomic E-state index is -0.365. The average Bonchev–Trinajstić information content (AvgIpc) is 3.51. The summed E-state index contributed by atoms with van der Waals surface area (Å²) in [6.07, 6.45) is 4.84. The number of fused-ring (bicyclic) bond motifs is 1. The Labute approximate surface area is 206 Å². The molecule has 8 nitrogen and oxygen atoms in total. The third-order valence-corrected chi connectivity index (χ3v) is 6.26. The van der Waals surface area contributed by atoms with E-state index >= 15 is 4.39 Å². The van der Waals surface area contributed by atoms with Crippen LogP contribution in [0.15, 0.2) is 66.1 Å². The number of rotatable bonds is 8. The molecule has 0 bridgehead atoms. The van der Waals surface area contributed by atoms with Gasteiger partial charge in [0, 0.05) is 22.4 Å². The standard InChI is InChI=1S/C25H24FN7OS/c1-15(2)34-23-22(18-11-28-29-12-18)27-14-33-24(23)31-25(32-33)30-21-16(3)9-19(10-20(21)26)35-13-17-7-5-4-6-8-17/h4-12,14-15H,13H2,1-3H3,(H,28,29)(H,30,32). The molecular weight excluding hydrogens is 465 g/mol. The van der Waals surface area contributed by atoms with Gasteiger partial charge >= 0.3 is 0 Å². The van der Waals surface area contributed by atoms with E-state index in [1.165, 1.54) is 16.1 Å². The highest BCUT2D eigenvalue weighted by atomic mass is 32.2. The Morgan fingerprint density at radius 2 is 2.03 bits per heavy atom. The SMILES string of the molecule is Cc1cc(SCc2ccccc2)cc(F)c1Nc1nc2c(OC(C)C)c(-c3cn[nH]c3)ncn2n1. The van der Waals surface area contributed by atoms with Crippen LogP contribution in [0.2, 0.25) is 0 Å². The van der Waals surface area contributed by atoms with E-state index < -0.39 is 0 Å². The van der Waals surface area contributed by atoms with Gasteiger partial charge in [-0.05, 0) is 44.0 Å². The minimum absolute atomic E-state index is 0.109. The van der Waals surface area contributed by atoms with Gasteiger partial charge in [0.1, 0.15) is 17.8 Å². The molecular formula is C25H24FN7OS. The predicted octanol–water partition coefficient (Wildman–Crippen LogP) is 5.79. The van der Waals surface area contributed by atoms with Crippen LogP contribution < -0.4 is 10.1 Å². The molecule has 2 N–H and O–H groups in total. The third kappa shape index (κ3) is 4.97. The second kappa shape index (κ2) is 9.75. The summed E-state index contributed by atoms with van der Waals surface area (Å²) in [5.74, 6) is 1.13. The van der Waals surface area contributed by atoms with Crippen molar-refractivity contribution in [1.82, 2.24) is 29.8 Å².